The van der Waals surface area contributed by atoms with Crippen molar-refractivity contribution >= 4 is 27.3 Å². The Morgan fingerprint density at radius 3 is 2.72 bits per heavy atom. The number of morpholine rings is 1. The zero-order valence-corrected chi connectivity index (χ0v) is 11.9. The maximum absolute atomic E-state index is 12.3. The van der Waals surface area contributed by atoms with Crippen LogP contribution in [0.1, 0.15) is 13.3 Å². The van der Waals surface area contributed by atoms with E-state index in [0.717, 1.165) is 0 Å². The zero-order valence-electron chi connectivity index (χ0n) is 10.3. The monoisotopic (exact) mass is 295 g/mol. The van der Waals surface area contributed by atoms with Crippen molar-refractivity contribution in [2.24, 2.45) is 5.92 Å². The third-order valence-corrected chi connectivity index (χ3v) is 5.50. The Morgan fingerprint density at radius 1 is 1.44 bits per heavy atom. The third kappa shape index (κ3) is 3.16. The average molecular weight is 296 g/mol. The highest BCUT2D eigenvalue weighted by Gasteiger charge is 2.37. The second-order valence-electron chi connectivity index (χ2n) is 5.07. The Kier molecular flexibility index (Phi) is 4.18. The SMILES string of the molecule is CC1CN(C(=O)C2CCS(=O)(=O)C2)CC(CCl)O1. The molecule has 0 aromatic rings. The molecule has 0 radical (unpaired) electrons. The van der Waals surface area contributed by atoms with E-state index in [4.69, 9.17) is 16.3 Å². The van der Waals surface area contributed by atoms with Crippen molar-refractivity contribution in [2.45, 2.75) is 25.6 Å². The van der Waals surface area contributed by atoms with E-state index in [1.807, 2.05) is 6.92 Å². The number of sulfone groups is 1. The maximum atomic E-state index is 12.3. The highest BCUT2D eigenvalue weighted by Crippen LogP contribution is 2.23. The first-order valence-corrected chi connectivity index (χ1v) is 8.47. The van der Waals surface area contributed by atoms with Crippen LogP contribution in [0.4, 0.5) is 0 Å². The minimum atomic E-state index is -3.02. The predicted octanol–water partition coefficient (Wildman–Crippen LogP) is 0.276. The van der Waals surface area contributed by atoms with E-state index in [0.29, 0.717) is 25.4 Å². The van der Waals surface area contributed by atoms with Gasteiger partial charge in [-0.1, -0.05) is 0 Å². The summed E-state index contributed by atoms with van der Waals surface area (Å²) in [6, 6.07) is 0. The Hall–Kier alpha value is -0.330. The number of amides is 1. The molecule has 0 bridgehead atoms. The summed E-state index contributed by atoms with van der Waals surface area (Å²) in [7, 11) is -3.02. The number of carbonyl (C=O) groups excluding carboxylic acids is 1. The van der Waals surface area contributed by atoms with E-state index in [1.54, 1.807) is 4.90 Å². The van der Waals surface area contributed by atoms with Crippen molar-refractivity contribution in [1.82, 2.24) is 4.90 Å². The number of ether oxygens (including phenoxy) is 1. The van der Waals surface area contributed by atoms with Crippen LogP contribution in [0, 0.1) is 5.92 Å². The van der Waals surface area contributed by atoms with Gasteiger partial charge in [0.25, 0.3) is 0 Å². The van der Waals surface area contributed by atoms with Crippen molar-refractivity contribution in [1.29, 1.82) is 0 Å². The summed E-state index contributed by atoms with van der Waals surface area (Å²) in [6.45, 7) is 2.87. The molecule has 2 fully saturated rings. The molecule has 0 aromatic carbocycles. The minimum absolute atomic E-state index is 0.0108. The molecule has 2 heterocycles. The van der Waals surface area contributed by atoms with Gasteiger partial charge in [0, 0.05) is 13.1 Å². The molecule has 3 atom stereocenters. The fourth-order valence-electron chi connectivity index (χ4n) is 2.56. The molecule has 0 N–H and O–H groups in total. The van der Waals surface area contributed by atoms with Gasteiger partial charge in [-0.25, -0.2) is 8.42 Å². The zero-order chi connectivity index (χ0) is 13.3. The lowest BCUT2D eigenvalue weighted by molar-refractivity contribution is -0.146. The van der Waals surface area contributed by atoms with Gasteiger partial charge in [-0.05, 0) is 13.3 Å². The Morgan fingerprint density at radius 2 is 2.17 bits per heavy atom. The number of hydrogen-bond donors (Lipinski definition) is 0. The summed E-state index contributed by atoms with van der Waals surface area (Å²) in [5.41, 5.74) is 0. The van der Waals surface area contributed by atoms with Gasteiger partial charge in [-0.2, -0.15) is 0 Å². The molecule has 7 heteroatoms. The summed E-state index contributed by atoms with van der Waals surface area (Å²) in [5.74, 6) is 0.0141. The van der Waals surface area contributed by atoms with Gasteiger partial charge < -0.3 is 9.64 Å². The first-order chi connectivity index (χ1) is 8.41. The third-order valence-electron chi connectivity index (χ3n) is 3.39. The van der Waals surface area contributed by atoms with Gasteiger partial charge in [0.1, 0.15) is 0 Å². The molecule has 5 nitrogen and oxygen atoms in total. The number of halogens is 1. The van der Waals surface area contributed by atoms with Gasteiger partial charge in [0.05, 0.1) is 35.5 Å². The van der Waals surface area contributed by atoms with Crippen LogP contribution in [-0.2, 0) is 19.4 Å². The van der Waals surface area contributed by atoms with E-state index >= 15 is 0 Å². The molecule has 0 aromatic heterocycles. The fraction of sp³-hybridized carbons (Fsp3) is 0.909. The average Bonchev–Trinajstić information content (AvgIpc) is 2.67. The summed E-state index contributed by atoms with van der Waals surface area (Å²) >= 11 is 5.76. The molecule has 1 amide bonds. The summed E-state index contributed by atoms with van der Waals surface area (Å²) < 4.78 is 28.4. The molecule has 2 aliphatic heterocycles. The normalized spacial score (nSPS) is 35.7. The van der Waals surface area contributed by atoms with Gasteiger partial charge in [0.15, 0.2) is 9.84 Å². The van der Waals surface area contributed by atoms with E-state index in [2.05, 4.69) is 0 Å². The van der Waals surface area contributed by atoms with Crippen LogP contribution < -0.4 is 0 Å². The minimum Gasteiger partial charge on any atom is -0.370 e. The molecule has 2 saturated heterocycles. The summed E-state index contributed by atoms with van der Waals surface area (Å²) in [4.78, 5) is 14.0. The van der Waals surface area contributed by atoms with Gasteiger partial charge in [-0.15, -0.1) is 11.6 Å². The Bertz CT molecular complexity index is 425. The number of alkyl halides is 1. The molecule has 2 rings (SSSR count). The van der Waals surface area contributed by atoms with Crippen molar-refractivity contribution in [2.75, 3.05) is 30.5 Å². The molecule has 0 spiro atoms. The Balaban J connectivity index is 2.00. The van der Waals surface area contributed by atoms with Gasteiger partial charge >= 0.3 is 0 Å². The lowest BCUT2D eigenvalue weighted by Gasteiger charge is -2.37. The quantitative estimate of drug-likeness (QED) is 0.686. The fourth-order valence-corrected chi connectivity index (χ4v) is 4.46. The van der Waals surface area contributed by atoms with E-state index in [-0.39, 0.29) is 35.5 Å². The molecule has 0 saturated carbocycles. The van der Waals surface area contributed by atoms with Crippen molar-refractivity contribution in [3.63, 3.8) is 0 Å². The van der Waals surface area contributed by atoms with Gasteiger partial charge in [-0.3, -0.25) is 4.79 Å². The molecule has 18 heavy (non-hydrogen) atoms. The number of nitrogens with zero attached hydrogens (tertiary/aromatic N) is 1. The van der Waals surface area contributed by atoms with Crippen LogP contribution >= 0.6 is 11.6 Å². The first kappa shape index (κ1) is 14.1. The predicted molar refractivity (Wildman–Crippen MR) is 68.4 cm³/mol. The first-order valence-electron chi connectivity index (χ1n) is 6.12. The molecule has 3 unspecified atom stereocenters. The molecular formula is C11H18ClNO4S. The Labute approximate surface area is 112 Å². The second kappa shape index (κ2) is 5.35. The molecule has 104 valence electrons. The van der Waals surface area contributed by atoms with Crippen LogP contribution in [0.25, 0.3) is 0 Å². The number of rotatable bonds is 2. The maximum Gasteiger partial charge on any atom is 0.226 e. The largest absolute Gasteiger partial charge is 0.370 e. The van der Waals surface area contributed by atoms with Crippen LogP contribution in [0.15, 0.2) is 0 Å². The lowest BCUT2D eigenvalue weighted by atomic mass is 10.1. The van der Waals surface area contributed by atoms with Crippen molar-refractivity contribution in [3.05, 3.63) is 0 Å². The van der Waals surface area contributed by atoms with Crippen LogP contribution in [0.3, 0.4) is 0 Å². The number of hydrogen-bond acceptors (Lipinski definition) is 4. The molecule has 0 aliphatic carbocycles. The molecule has 2 aliphatic rings. The van der Waals surface area contributed by atoms with Crippen molar-refractivity contribution in [3.8, 4) is 0 Å². The highest BCUT2D eigenvalue weighted by molar-refractivity contribution is 7.91. The van der Waals surface area contributed by atoms with Crippen molar-refractivity contribution < 1.29 is 17.9 Å². The lowest BCUT2D eigenvalue weighted by Crippen LogP contribution is -2.51. The second-order valence-corrected chi connectivity index (χ2v) is 7.60. The van der Waals surface area contributed by atoms with Crippen LogP contribution in [0.5, 0.6) is 0 Å². The van der Waals surface area contributed by atoms with E-state index < -0.39 is 9.84 Å². The van der Waals surface area contributed by atoms with E-state index in [9.17, 15) is 13.2 Å². The number of carbonyl (C=O) groups is 1. The van der Waals surface area contributed by atoms with Gasteiger partial charge in [0.2, 0.25) is 5.91 Å². The smallest absolute Gasteiger partial charge is 0.226 e. The topological polar surface area (TPSA) is 63.7 Å². The standard InChI is InChI=1S/C11H18ClNO4S/c1-8-5-13(6-10(4-12)17-8)11(14)9-2-3-18(15,16)7-9/h8-10H,2-7H2,1H3. The highest BCUT2D eigenvalue weighted by atomic mass is 35.5. The summed E-state index contributed by atoms with van der Waals surface area (Å²) in [5, 5.41) is 0. The van der Waals surface area contributed by atoms with Crippen LogP contribution in [0.2, 0.25) is 0 Å². The molecular weight excluding hydrogens is 278 g/mol. The summed E-state index contributed by atoms with van der Waals surface area (Å²) in [6.07, 6.45) is 0.236. The van der Waals surface area contributed by atoms with E-state index in [1.165, 1.54) is 0 Å². The van der Waals surface area contributed by atoms with Crippen LogP contribution in [-0.4, -0.2) is 61.9 Å².